The monoisotopic (exact) mass is 226 g/mol. The lowest BCUT2D eigenvalue weighted by Crippen LogP contribution is -2.68. The molecule has 0 amide bonds. The van der Waals surface area contributed by atoms with Crippen molar-refractivity contribution in [1.29, 1.82) is 0 Å². The number of hydrogen-bond acceptors (Lipinski definition) is 5. The first-order chi connectivity index (χ1) is 5.93. The van der Waals surface area contributed by atoms with Crippen LogP contribution in [0.2, 0.25) is 0 Å². The summed E-state index contributed by atoms with van der Waals surface area (Å²) >= 11 is 1.65. The van der Waals surface area contributed by atoms with Gasteiger partial charge >= 0.3 is 5.43 Å². The van der Waals surface area contributed by atoms with Crippen LogP contribution in [-0.2, 0) is 0 Å². The average molecular weight is 227 g/mol. The normalized spacial score (nSPS) is 9.92. The zero-order valence-corrected chi connectivity index (χ0v) is 8.21. The Morgan fingerprint density at radius 1 is 1.15 bits per heavy atom. The molecule has 0 aromatic carbocycles. The van der Waals surface area contributed by atoms with E-state index in [4.69, 9.17) is 23.1 Å². The third-order valence-corrected chi connectivity index (χ3v) is 1.44. The van der Waals surface area contributed by atoms with E-state index >= 15 is 0 Å². The molecule has 0 spiro atoms. The molecule has 0 atom stereocenters. The minimum absolute atomic E-state index is 0.920. The Morgan fingerprint density at radius 3 is 1.77 bits per heavy atom. The molecule has 74 valence electrons. The molecule has 0 fully saturated rings. The molecule has 0 bridgehead atoms. The Bertz CT molecular complexity index is 268. The van der Waals surface area contributed by atoms with Crippen molar-refractivity contribution in [2.45, 2.75) is 0 Å². The fourth-order valence-electron chi connectivity index (χ4n) is 0.450. The molecular formula is C6H7ClO5S. The van der Waals surface area contributed by atoms with E-state index in [2.05, 4.69) is 0 Å². The van der Waals surface area contributed by atoms with E-state index in [1.807, 2.05) is 22.9 Å². The highest BCUT2D eigenvalue weighted by molar-refractivity contribution is 7.07. The van der Waals surface area contributed by atoms with Gasteiger partial charge in [-0.2, -0.15) is 11.3 Å². The van der Waals surface area contributed by atoms with E-state index in [1.165, 1.54) is 0 Å². The van der Waals surface area contributed by atoms with Crippen LogP contribution in [0, 0.1) is 10.2 Å². The maximum Gasteiger partial charge on any atom is 0.344 e. The summed E-state index contributed by atoms with van der Waals surface area (Å²) in [6.45, 7) is 0. The Kier molecular flexibility index (Phi) is 5.80. The molecule has 0 unspecified atom stereocenters. The van der Waals surface area contributed by atoms with Gasteiger partial charge in [-0.1, -0.05) is 0 Å². The van der Waals surface area contributed by atoms with Gasteiger partial charge in [0.15, 0.2) is 0 Å². The van der Waals surface area contributed by atoms with Crippen molar-refractivity contribution in [3.05, 3.63) is 32.7 Å². The molecule has 0 radical (unpaired) electrons. The SMILES string of the molecule is C[O+]=c1ccscc1.[O-][Cl+3]([O-])([O-])[O-]. The largest absolute Gasteiger partial charge is 0.344 e. The highest BCUT2D eigenvalue weighted by Crippen LogP contribution is 1.85. The van der Waals surface area contributed by atoms with Gasteiger partial charge < -0.3 is 0 Å². The van der Waals surface area contributed by atoms with Crippen LogP contribution in [0.4, 0.5) is 0 Å². The fourth-order valence-corrected chi connectivity index (χ4v) is 0.966. The molecular weight excluding hydrogens is 220 g/mol. The highest BCUT2D eigenvalue weighted by atomic mass is 35.7. The third kappa shape index (κ3) is 11.5. The van der Waals surface area contributed by atoms with Crippen LogP contribution >= 0.6 is 11.3 Å². The van der Waals surface area contributed by atoms with Gasteiger partial charge in [-0.3, -0.25) is 4.42 Å². The van der Waals surface area contributed by atoms with Crippen LogP contribution in [0.1, 0.15) is 0 Å². The van der Waals surface area contributed by atoms with Crippen molar-refractivity contribution in [2.75, 3.05) is 7.11 Å². The maximum absolute atomic E-state index is 8.49. The number of halogens is 1. The van der Waals surface area contributed by atoms with Gasteiger partial charge in [0.25, 0.3) is 7.11 Å². The summed E-state index contributed by atoms with van der Waals surface area (Å²) in [5, 5.41) is 3.97. The van der Waals surface area contributed by atoms with Gasteiger partial charge in [0.1, 0.15) is 0 Å². The predicted molar refractivity (Wildman–Crippen MR) is 36.5 cm³/mol. The molecule has 1 aromatic rings. The van der Waals surface area contributed by atoms with Crippen LogP contribution in [0.25, 0.3) is 0 Å². The van der Waals surface area contributed by atoms with Gasteiger partial charge in [-0.05, 0) is 0 Å². The van der Waals surface area contributed by atoms with E-state index in [0.29, 0.717) is 0 Å². The van der Waals surface area contributed by atoms with Gasteiger partial charge in [0.05, 0.1) is 12.1 Å². The molecule has 13 heavy (non-hydrogen) atoms. The molecule has 7 heteroatoms. The van der Waals surface area contributed by atoms with Crippen LogP contribution in [0.3, 0.4) is 0 Å². The average Bonchev–Trinajstić information content (AvgIpc) is 2.03. The summed E-state index contributed by atoms with van der Waals surface area (Å²) in [6.07, 6.45) is 0. The van der Waals surface area contributed by atoms with Gasteiger partial charge in [0.2, 0.25) is 0 Å². The Morgan fingerprint density at radius 2 is 1.54 bits per heavy atom. The van der Waals surface area contributed by atoms with E-state index in [-0.39, 0.29) is 0 Å². The lowest BCUT2D eigenvalue weighted by atomic mass is 10.6. The molecule has 5 nitrogen and oxygen atoms in total. The van der Waals surface area contributed by atoms with Crippen molar-refractivity contribution < 1.29 is 28.9 Å². The first kappa shape index (κ1) is 12.5. The van der Waals surface area contributed by atoms with Crippen LogP contribution in [0.15, 0.2) is 27.3 Å². The predicted octanol–water partition coefficient (Wildman–Crippen LogP) is -3.48. The van der Waals surface area contributed by atoms with Gasteiger partial charge in [0, 0.05) is 10.8 Å². The lowest BCUT2D eigenvalue weighted by Gasteiger charge is -2.17. The first-order valence-corrected chi connectivity index (χ1v) is 5.12. The molecule has 0 saturated heterocycles. The molecule has 0 aliphatic heterocycles. The topological polar surface area (TPSA) is 104 Å². The Balaban J connectivity index is 0.000000252. The second-order valence-electron chi connectivity index (χ2n) is 1.73. The van der Waals surface area contributed by atoms with E-state index in [1.54, 1.807) is 18.4 Å². The van der Waals surface area contributed by atoms with Crippen LogP contribution < -0.4 is 24.1 Å². The Labute approximate surface area is 80.6 Å². The first-order valence-electron chi connectivity index (χ1n) is 2.95. The number of hydrogen-bond donors (Lipinski definition) is 0. The third-order valence-electron chi connectivity index (χ3n) is 0.857. The standard InChI is InChI=1S/C6H7OS.ClHO4/c1-7-6-2-4-8-5-3-6;2-1(3,4)5/h2-5H,1H3;(H,2,3,4,5)/q+1;/p-1. The van der Waals surface area contributed by atoms with Crippen molar-refractivity contribution in [2.24, 2.45) is 0 Å². The van der Waals surface area contributed by atoms with Crippen molar-refractivity contribution in [3.63, 3.8) is 0 Å². The zero-order chi connectivity index (χ0) is 10.3. The van der Waals surface area contributed by atoms with E-state index in [9.17, 15) is 0 Å². The van der Waals surface area contributed by atoms with E-state index < -0.39 is 10.2 Å². The second-order valence-corrected chi connectivity index (χ2v) is 3.30. The minimum atomic E-state index is -4.94. The second kappa shape index (κ2) is 6.03. The molecule has 0 aliphatic rings. The van der Waals surface area contributed by atoms with Crippen LogP contribution in [-0.4, -0.2) is 7.11 Å². The summed E-state index contributed by atoms with van der Waals surface area (Å²) in [4.78, 5) is 0. The van der Waals surface area contributed by atoms with Crippen molar-refractivity contribution in [3.8, 4) is 0 Å². The summed E-state index contributed by atoms with van der Waals surface area (Å²) in [5.41, 5.74) is 0.920. The summed E-state index contributed by atoms with van der Waals surface area (Å²) in [6, 6.07) is 3.87. The van der Waals surface area contributed by atoms with Crippen molar-refractivity contribution in [1.82, 2.24) is 0 Å². The molecule has 0 aliphatic carbocycles. The van der Waals surface area contributed by atoms with Crippen LogP contribution in [0.5, 0.6) is 0 Å². The van der Waals surface area contributed by atoms with Crippen molar-refractivity contribution >= 4 is 11.3 Å². The molecule has 0 saturated carbocycles. The smallest absolute Gasteiger partial charge is 0.258 e. The highest BCUT2D eigenvalue weighted by Gasteiger charge is 1.84. The fraction of sp³-hybridized carbons (Fsp3) is 0.167. The van der Waals surface area contributed by atoms with Gasteiger partial charge in [-0.25, -0.2) is 18.6 Å². The Hall–Kier alpha value is -0.500. The van der Waals surface area contributed by atoms with Gasteiger partial charge in [-0.15, -0.1) is 10.2 Å². The quantitative estimate of drug-likeness (QED) is 0.429. The summed E-state index contributed by atoms with van der Waals surface area (Å²) < 4.78 is 38.9. The summed E-state index contributed by atoms with van der Waals surface area (Å²) in [7, 11) is -3.28. The maximum atomic E-state index is 8.49. The minimum Gasteiger partial charge on any atom is -0.258 e. The number of rotatable bonds is 0. The molecule has 1 heterocycles. The molecule has 0 N–H and O–H groups in total. The van der Waals surface area contributed by atoms with E-state index in [0.717, 1.165) is 5.43 Å². The zero-order valence-electron chi connectivity index (χ0n) is 6.64. The molecule has 1 rings (SSSR count). The lowest BCUT2D eigenvalue weighted by molar-refractivity contribution is -2.00. The summed E-state index contributed by atoms with van der Waals surface area (Å²) in [5.74, 6) is 0. The molecule has 1 aromatic heterocycles.